The molecule has 0 aliphatic carbocycles. The Kier molecular flexibility index (Phi) is 5.36. The predicted molar refractivity (Wildman–Crippen MR) is 130 cm³/mol. The average molecular weight is 436 g/mol. The minimum absolute atomic E-state index is 0.254. The van der Waals surface area contributed by atoms with Gasteiger partial charge in [0.2, 0.25) is 0 Å². The van der Waals surface area contributed by atoms with E-state index in [1.54, 1.807) is 24.3 Å². The van der Waals surface area contributed by atoms with Gasteiger partial charge in [-0.3, -0.25) is 4.79 Å². The molecule has 0 atom stereocenters. The van der Waals surface area contributed by atoms with Crippen LogP contribution in [0.2, 0.25) is 5.02 Å². The summed E-state index contributed by atoms with van der Waals surface area (Å²) in [6.45, 7) is 0. The van der Waals surface area contributed by atoms with Crippen LogP contribution < -0.4 is 5.32 Å². The highest BCUT2D eigenvalue weighted by Gasteiger charge is 2.15. The zero-order chi connectivity index (χ0) is 21.9. The van der Waals surface area contributed by atoms with E-state index < -0.39 is 0 Å². The molecule has 0 aliphatic heterocycles. The molecule has 0 fully saturated rings. The van der Waals surface area contributed by atoms with Crippen LogP contribution in [0.5, 0.6) is 0 Å². The van der Waals surface area contributed by atoms with Gasteiger partial charge in [0.15, 0.2) is 0 Å². The Morgan fingerprint density at radius 3 is 1.84 bits per heavy atom. The van der Waals surface area contributed by atoms with Gasteiger partial charge in [0, 0.05) is 16.7 Å². The van der Waals surface area contributed by atoms with Gasteiger partial charge in [-0.25, -0.2) is 9.97 Å². The summed E-state index contributed by atoms with van der Waals surface area (Å²) in [5, 5.41) is 3.34. The smallest absolute Gasteiger partial charge is 0.255 e. The van der Waals surface area contributed by atoms with E-state index in [1.165, 1.54) is 0 Å². The van der Waals surface area contributed by atoms with Crippen LogP contribution in [0.15, 0.2) is 103 Å². The fraction of sp³-hybridized carbons (Fsp3) is 0. The molecule has 1 N–H and O–H groups in total. The lowest BCUT2D eigenvalue weighted by Gasteiger charge is -2.12. The number of nitrogens with zero attached hydrogens (tertiary/aromatic N) is 2. The van der Waals surface area contributed by atoms with Crippen molar-refractivity contribution in [3.8, 4) is 22.5 Å². The third-order valence-corrected chi connectivity index (χ3v) is 5.47. The zero-order valence-electron chi connectivity index (χ0n) is 17.0. The molecule has 32 heavy (non-hydrogen) atoms. The fourth-order valence-corrected chi connectivity index (χ4v) is 3.73. The molecule has 0 unspecified atom stereocenters. The van der Waals surface area contributed by atoms with E-state index in [1.807, 2.05) is 78.9 Å². The lowest BCUT2D eigenvalue weighted by molar-refractivity contribution is 0.102. The number of hydrogen-bond donors (Lipinski definition) is 1. The molecule has 5 rings (SSSR count). The first-order valence-corrected chi connectivity index (χ1v) is 10.6. The summed E-state index contributed by atoms with van der Waals surface area (Å²) >= 11 is 6.18. The van der Waals surface area contributed by atoms with Crippen molar-refractivity contribution in [1.29, 1.82) is 0 Å². The average Bonchev–Trinajstić information content (AvgIpc) is 2.85. The summed E-state index contributed by atoms with van der Waals surface area (Å²) in [6, 6.07) is 32.4. The summed E-state index contributed by atoms with van der Waals surface area (Å²) in [7, 11) is 0. The summed E-state index contributed by atoms with van der Waals surface area (Å²) in [5.41, 5.74) is 5.94. The minimum atomic E-state index is -0.254. The number of fused-ring (bicyclic) bond motifs is 1. The molecule has 5 heteroatoms. The predicted octanol–water partition coefficient (Wildman–Crippen LogP) is 6.87. The third kappa shape index (κ3) is 3.96. The molecule has 0 saturated carbocycles. The van der Waals surface area contributed by atoms with E-state index in [2.05, 4.69) is 5.32 Å². The van der Waals surface area contributed by atoms with Crippen LogP contribution >= 0.6 is 11.6 Å². The highest BCUT2D eigenvalue weighted by molar-refractivity contribution is 6.33. The van der Waals surface area contributed by atoms with Gasteiger partial charge in [0.05, 0.1) is 33.1 Å². The summed E-state index contributed by atoms with van der Waals surface area (Å²) in [4.78, 5) is 22.7. The Hall–Kier alpha value is -4.02. The minimum Gasteiger partial charge on any atom is -0.321 e. The van der Waals surface area contributed by atoms with Crippen molar-refractivity contribution in [2.75, 3.05) is 5.32 Å². The Bertz CT molecular complexity index is 1420. The second-order valence-electron chi connectivity index (χ2n) is 7.29. The quantitative estimate of drug-likeness (QED) is 0.335. The van der Waals surface area contributed by atoms with Crippen molar-refractivity contribution in [3.05, 3.63) is 114 Å². The molecule has 1 heterocycles. The van der Waals surface area contributed by atoms with Crippen LogP contribution in [-0.2, 0) is 0 Å². The maximum Gasteiger partial charge on any atom is 0.255 e. The van der Waals surface area contributed by atoms with E-state index >= 15 is 0 Å². The number of rotatable bonds is 4. The highest BCUT2D eigenvalue weighted by atomic mass is 35.5. The maximum atomic E-state index is 12.8. The number of benzene rings is 4. The molecule has 154 valence electrons. The van der Waals surface area contributed by atoms with Gasteiger partial charge in [-0.2, -0.15) is 0 Å². The second-order valence-corrected chi connectivity index (χ2v) is 7.70. The molecule has 0 bridgehead atoms. The van der Waals surface area contributed by atoms with E-state index in [0.717, 1.165) is 28.0 Å². The van der Waals surface area contributed by atoms with E-state index in [-0.39, 0.29) is 5.91 Å². The van der Waals surface area contributed by atoms with Crippen molar-refractivity contribution >= 4 is 34.2 Å². The third-order valence-electron chi connectivity index (χ3n) is 5.14. The Labute approximate surface area is 190 Å². The number of anilines is 1. The van der Waals surface area contributed by atoms with Crippen LogP contribution in [-0.4, -0.2) is 15.9 Å². The number of hydrogen-bond acceptors (Lipinski definition) is 3. The second kappa shape index (κ2) is 8.61. The van der Waals surface area contributed by atoms with Crippen molar-refractivity contribution in [2.24, 2.45) is 0 Å². The molecular weight excluding hydrogens is 418 g/mol. The van der Waals surface area contributed by atoms with Crippen LogP contribution in [0.1, 0.15) is 10.4 Å². The molecular formula is C27H18ClN3O. The Balaban J connectivity index is 1.60. The Morgan fingerprint density at radius 2 is 1.22 bits per heavy atom. The van der Waals surface area contributed by atoms with Crippen LogP contribution in [0.3, 0.4) is 0 Å². The monoisotopic (exact) mass is 435 g/mol. The van der Waals surface area contributed by atoms with Crippen molar-refractivity contribution < 1.29 is 4.79 Å². The SMILES string of the molecule is O=C(Nc1ccccc1Cl)c1ccc2nc(-c3ccccc3)c(-c3ccccc3)nc2c1. The normalized spacial score (nSPS) is 10.8. The van der Waals surface area contributed by atoms with Crippen LogP contribution in [0.25, 0.3) is 33.5 Å². The number of amides is 1. The largest absolute Gasteiger partial charge is 0.321 e. The van der Waals surface area contributed by atoms with E-state index in [4.69, 9.17) is 21.6 Å². The van der Waals surface area contributed by atoms with Gasteiger partial charge in [-0.05, 0) is 30.3 Å². The van der Waals surface area contributed by atoms with Gasteiger partial charge < -0.3 is 5.32 Å². The number of nitrogens with one attached hydrogen (secondary N) is 1. The number of para-hydroxylation sites is 1. The van der Waals surface area contributed by atoms with Crippen molar-refractivity contribution in [3.63, 3.8) is 0 Å². The van der Waals surface area contributed by atoms with E-state index in [0.29, 0.717) is 21.8 Å². The topological polar surface area (TPSA) is 54.9 Å². The molecule has 0 saturated heterocycles. The fourth-order valence-electron chi connectivity index (χ4n) is 3.55. The standard InChI is InChI=1S/C27H18ClN3O/c28-21-13-7-8-14-22(21)31-27(32)20-15-16-23-24(17-20)30-26(19-11-5-2-6-12-19)25(29-23)18-9-3-1-4-10-18/h1-17H,(H,31,32). The first-order chi connectivity index (χ1) is 15.7. The molecule has 0 spiro atoms. The molecule has 1 amide bonds. The number of carbonyl (C=O) groups excluding carboxylic acids is 1. The van der Waals surface area contributed by atoms with Gasteiger partial charge in [0.1, 0.15) is 0 Å². The first kappa shape index (κ1) is 19.9. The molecule has 4 nitrogen and oxygen atoms in total. The number of halogens is 1. The zero-order valence-corrected chi connectivity index (χ0v) is 17.8. The molecule has 0 radical (unpaired) electrons. The summed E-state index contributed by atoms with van der Waals surface area (Å²) in [6.07, 6.45) is 0. The number of aromatic nitrogens is 2. The summed E-state index contributed by atoms with van der Waals surface area (Å²) in [5.74, 6) is -0.254. The lowest BCUT2D eigenvalue weighted by Crippen LogP contribution is -2.12. The maximum absolute atomic E-state index is 12.8. The van der Waals surface area contributed by atoms with Gasteiger partial charge in [0.25, 0.3) is 5.91 Å². The molecule has 4 aromatic carbocycles. The molecule has 0 aliphatic rings. The van der Waals surface area contributed by atoms with Gasteiger partial charge in [-0.1, -0.05) is 84.4 Å². The van der Waals surface area contributed by atoms with Crippen LogP contribution in [0, 0.1) is 0 Å². The highest BCUT2D eigenvalue weighted by Crippen LogP contribution is 2.31. The Morgan fingerprint density at radius 1 is 0.656 bits per heavy atom. The molecule has 5 aromatic rings. The van der Waals surface area contributed by atoms with Gasteiger partial charge in [-0.15, -0.1) is 0 Å². The van der Waals surface area contributed by atoms with E-state index in [9.17, 15) is 4.79 Å². The van der Waals surface area contributed by atoms with Crippen molar-refractivity contribution in [2.45, 2.75) is 0 Å². The molecule has 1 aromatic heterocycles. The van der Waals surface area contributed by atoms with Gasteiger partial charge >= 0.3 is 0 Å². The van der Waals surface area contributed by atoms with Crippen LogP contribution in [0.4, 0.5) is 5.69 Å². The first-order valence-electron chi connectivity index (χ1n) is 10.2. The number of carbonyl (C=O) groups is 1. The lowest BCUT2D eigenvalue weighted by atomic mass is 10.0. The summed E-state index contributed by atoms with van der Waals surface area (Å²) < 4.78 is 0. The van der Waals surface area contributed by atoms with Crippen molar-refractivity contribution in [1.82, 2.24) is 9.97 Å².